The van der Waals surface area contributed by atoms with Crippen LogP contribution in [0.25, 0.3) is 10.8 Å². The second-order valence-electron chi connectivity index (χ2n) is 7.61. The van der Waals surface area contributed by atoms with Crippen LogP contribution >= 0.6 is 0 Å². The maximum Gasteiger partial charge on any atom is 0.265 e. The first-order valence-electron chi connectivity index (χ1n) is 10.7. The Labute approximate surface area is 197 Å². The molecule has 4 rings (SSSR count). The summed E-state index contributed by atoms with van der Waals surface area (Å²) in [6, 6.07) is 24.2. The summed E-state index contributed by atoms with van der Waals surface area (Å²) in [7, 11) is -3.83. The van der Waals surface area contributed by atoms with Crippen molar-refractivity contribution in [1.29, 1.82) is 0 Å². The second-order valence-corrected chi connectivity index (χ2v) is 9.30. The van der Waals surface area contributed by atoms with E-state index in [2.05, 4.69) is 10.0 Å². The van der Waals surface area contributed by atoms with E-state index in [0.717, 1.165) is 10.8 Å². The predicted octanol–water partition coefficient (Wildman–Crippen LogP) is 5.58. The number of amides is 1. The van der Waals surface area contributed by atoms with Crippen LogP contribution in [-0.2, 0) is 14.8 Å². The van der Waals surface area contributed by atoms with Crippen LogP contribution in [0.4, 0.5) is 15.8 Å². The van der Waals surface area contributed by atoms with Crippen LogP contribution in [0.2, 0.25) is 0 Å². The summed E-state index contributed by atoms with van der Waals surface area (Å²) in [4.78, 5) is 12.7. The Bertz CT molecular complexity index is 1400. The summed E-state index contributed by atoms with van der Waals surface area (Å²) >= 11 is 0. The molecule has 4 aromatic rings. The first-order valence-corrected chi connectivity index (χ1v) is 12.2. The third kappa shape index (κ3) is 5.35. The number of fused-ring (bicyclic) bond motifs is 1. The summed E-state index contributed by atoms with van der Waals surface area (Å²) in [6.07, 6.45) is -0.396. The largest absolute Gasteiger partial charge is 0.481 e. The Morgan fingerprint density at radius 3 is 2.29 bits per heavy atom. The quantitative estimate of drug-likeness (QED) is 0.346. The fourth-order valence-corrected chi connectivity index (χ4v) is 4.54. The Hall–Kier alpha value is -3.91. The SMILES string of the molecule is CC[C@H](Oc1ccc(F)cc1)C(=O)Nc1ccc(S(=O)(=O)Nc2cccc3ccccc23)cc1. The zero-order chi connectivity index (χ0) is 24.1. The molecule has 1 atom stereocenters. The summed E-state index contributed by atoms with van der Waals surface area (Å²) in [5.41, 5.74) is 0.912. The molecule has 0 saturated heterocycles. The van der Waals surface area contributed by atoms with Crippen molar-refractivity contribution in [2.24, 2.45) is 0 Å². The minimum absolute atomic E-state index is 0.0630. The van der Waals surface area contributed by atoms with Crippen LogP contribution in [0, 0.1) is 5.82 Å². The zero-order valence-electron chi connectivity index (χ0n) is 18.4. The standard InChI is InChI=1S/C26H23FN2O4S/c1-2-25(33-21-14-10-19(27)11-15-21)26(30)28-20-12-16-22(17-13-20)34(31,32)29-24-9-5-7-18-6-3-4-8-23(18)24/h3-17,25,29H,2H2,1H3,(H,28,30)/t25-/m0/s1. The van der Waals surface area contributed by atoms with Crippen LogP contribution in [0.1, 0.15) is 13.3 Å². The van der Waals surface area contributed by atoms with E-state index >= 15 is 0 Å². The van der Waals surface area contributed by atoms with Crippen LogP contribution in [-0.4, -0.2) is 20.4 Å². The summed E-state index contributed by atoms with van der Waals surface area (Å²) in [5.74, 6) is -0.407. The smallest absolute Gasteiger partial charge is 0.265 e. The van der Waals surface area contributed by atoms with Gasteiger partial charge in [0.1, 0.15) is 11.6 Å². The topological polar surface area (TPSA) is 84.5 Å². The first kappa shape index (κ1) is 23.3. The summed E-state index contributed by atoms with van der Waals surface area (Å²) < 4.78 is 47.2. The van der Waals surface area contributed by atoms with Crippen molar-refractivity contribution in [3.8, 4) is 5.75 Å². The van der Waals surface area contributed by atoms with Crippen molar-refractivity contribution in [1.82, 2.24) is 0 Å². The summed E-state index contributed by atoms with van der Waals surface area (Å²) in [5, 5.41) is 4.44. The average molecular weight is 479 g/mol. The molecule has 0 spiro atoms. The van der Waals surface area contributed by atoms with E-state index in [1.165, 1.54) is 48.5 Å². The average Bonchev–Trinajstić information content (AvgIpc) is 2.84. The number of hydrogen-bond acceptors (Lipinski definition) is 4. The van der Waals surface area contributed by atoms with Gasteiger partial charge in [-0.1, -0.05) is 43.3 Å². The Kier molecular flexibility index (Phi) is 6.79. The van der Waals surface area contributed by atoms with E-state index < -0.39 is 27.9 Å². The Morgan fingerprint density at radius 1 is 0.912 bits per heavy atom. The number of nitrogens with one attached hydrogen (secondary N) is 2. The maximum atomic E-state index is 13.1. The molecule has 0 fully saturated rings. The molecule has 1 amide bonds. The molecule has 34 heavy (non-hydrogen) atoms. The van der Waals surface area contributed by atoms with Gasteiger partial charge in [0.05, 0.1) is 10.6 Å². The predicted molar refractivity (Wildman–Crippen MR) is 131 cm³/mol. The monoisotopic (exact) mass is 478 g/mol. The molecule has 0 unspecified atom stereocenters. The van der Waals surface area contributed by atoms with E-state index in [1.807, 2.05) is 30.3 Å². The van der Waals surface area contributed by atoms with E-state index in [9.17, 15) is 17.6 Å². The third-order valence-electron chi connectivity index (χ3n) is 5.22. The number of rotatable bonds is 8. The van der Waals surface area contributed by atoms with Gasteiger partial charge >= 0.3 is 0 Å². The normalized spacial score (nSPS) is 12.2. The summed E-state index contributed by atoms with van der Waals surface area (Å²) in [6.45, 7) is 1.79. The van der Waals surface area contributed by atoms with E-state index in [-0.39, 0.29) is 4.90 Å². The molecule has 2 N–H and O–H groups in total. The fraction of sp³-hybridized carbons (Fsp3) is 0.115. The molecular weight excluding hydrogens is 455 g/mol. The molecular formula is C26H23FN2O4S. The molecule has 0 radical (unpaired) electrons. The van der Waals surface area contributed by atoms with Crippen LogP contribution in [0.5, 0.6) is 5.75 Å². The van der Waals surface area contributed by atoms with Gasteiger partial charge in [-0.3, -0.25) is 9.52 Å². The Balaban J connectivity index is 1.45. The molecule has 174 valence electrons. The lowest BCUT2D eigenvalue weighted by molar-refractivity contribution is -0.122. The Morgan fingerprint density at radius 2 is 1.59 bits per heavy atom. The van der Waals surface area contributed by atoms with Crippen molar-refractivity contribution in [2.75, 3.05) is 10.0 Å². The van der Waals surface area contributed by atoms with Crippen LogP contribution in [0.15, 0.2) is 95.9 Å². The van der Waals surface area contributed by atoms with Crippen molar-refractivity contribution >= 4 is 38.1 Å². The number of hydrogen-bond donors (Lipinski definition) is 2. The first-order chi connectivity index (χ1) is 16.4. The molecule has 0 aliphatic heterocycles. The minimum atomic E-state index is -3.83. The molecule has 4 aromatic carbocycles. The molecule has 6 nitrogen and oxygen atoms in total. The molecule has 8 heteroatoms. The van der Waals surface area contributed by atoms with E-state index in [4.69, 9.17) is 4.74 Å². The highest BCUT2D eigenvalue weighted by Crippen LogP contribution is 2.26. The lowest BCUT2D eigenvalue weighted by Gasteiger charge is -2.17. The number of halogens is 1. The lowest BCUT2D eigenvalue weighted by Crippen LogP contribution is -2.32. The highest BCUT2D eigenvalue weighted by Gasteiger charge is 2.20. The number of sulfonamides is 1. The van der Waals surface area contributed by atoms with E-state index in [1.54, 1.807) is 19.1 Å². The van der Waals surface area contributed by atoms with Crippen molar-refractivity contribution in [3.63, 3.8) is 0 Å². The zero-order valence-corrected chi connectivity index (χ0v) is 19.2. The molecule has 0 aliphatic rings. The van der Waals surface area contributed by atoms with Crippen LogP contribution < -0.4 is 14.8 Å². The van der Waals surface area contributed by atoms with Crippen molar-refractivity contribution in [3.05, 3.63) is 96.8 Å². The van der Waals surface area contributed by atoms with Crippen molar-refractivity contribution < 1.29 is 22.3 Å². The second kappa shape index (κ2) is 9.93. The van der Waals surface area contributed by atoms with Gasteiger partial charge in [0.2, 0.25) is 0 Å². The van der Waals surface area contributed by atoms with Crippen molar-refractivity contribution in [2.45, 2.75) is 24.3 Å². The van der Waals surface area contributed by atoms with Gasteiger partial charge in [0.25, 0.3) is 15.9 Å². The highest BCUT2D eigenvalue weighted by molar-refractivity contribution is 7.92. The maximum absolute atomic E-state index is 13.1. The van der Waals surface area contributed by atoms with Gasteiger partial charge in [0, 0.05) is 11.1 Å². The van der Waals surface area contributed by atoms with Gasteiger partial charge in [-0.05, 0) is 66.4 Å². The number of ether oxygens (including phenoxy) is 1. The number of carbonyl (C=O) groups is 1. The molecule has 0 aliphatic carbocycles. The molecule has 0 bridgehead atoms. The van der Waals surface area contributed by atoms with Gasteiger partial charge in [-0.2, -0.15) is 0 Å². The highest BCUT2D eigenvalue weighted by atomic mass is 32.2. The fourth-order valence-electron chi connectivity index (χ4n) is 3.46. The van der Waals surface area contributed by atoms with Gasteiger partial charge < -0.3 is 10.1 Å². The third-order valence-corrected chi connectivity index (χ3v) is 6.60. The van der Waals surface area contributed by atoms with E-state index in [0.29, 0.717) is 23.5 Å². The number of anilines is 2. The molecule has 0 saturated carbocycles. The van der Waals surface area contributed by atoms with Crippen LogP contribution in [0.3, 0.4) is 0 Å². The number of benzene rings is 4. The molecule has 0 aromatic heterocycles. The number of carbonyl (C=O) groups excluding carboxylic acids is 1. The molecule has 0 heterocycles. The minimum Gasteiger partial charge on any atom is -0.481 e. The van der Waals surface area contributed by atoms with Gasteiger partial charge in [0.15, 0.2) is 6.10 Å². The lowest BCUT2D eigenvalue weighted by atomic mass is 10.1. The van der Waals surface area contributed by atoms with Gasteiger partial charge in [-0.25, -0.2) is 12.8 Å². The van der Waals surface area contributed by atoms with Gasteiger partial charge in [-0.15, -0.1) is 0 Å².